The summed E-state index contributed by atoms with van der Waals surface area (Å²) in [6.45, 7) is 11.0. The standard InChI is InChI=1S/C20H32O2/c1-5-18(2)10-8-15-14(12-18)6-7-16-19(15,3)11-9-17(22)20(16,4)13-21/h5-6,15-17,21-22H,1,7-13H2,2-4H3/t15-,16+,17?,18+,19+,20-/m0/s1. The van der Waals surface area contributed by atoms with Crippen LogP contribution in [0.15, 0.2) is 24.3 Å². The summed E-state index contributed by atoms with van der Waals surface area (Å²) in [5, 5.41) is 20.5. The third kappa shape index (κ3) is 2.14. The Morgan fingerprint density at radius 1 is 1.27 bits per heavy atom. The van der Waals surface area contributed by atoms with Crippen LogP contribution in [0.2, 0.25) is 0 Å². The predicted molar refractivity (Wildman–Crippen MR) is 90.4 cm³/mol. The van der Waals surface area contributed by atoms with Crippen molar-refractivity contribution in [2.75, 3.05) is 6.61 Å². The zero-order valence-electron chi connectivity index (χ0n) is 14.4. The van der Waals surface area contributed by atoms with Gasteiger partial charge in [-0.1, -0.05) is 38.5 Å². The van der Waals surface area contributed by atoms with E-state index in [0.29, 0.717) is 11.8 Å². The van der Waals surface area contributed by atoms with Gasteiger partial charge in [-0.15, -0.1) is 6.58 Å². The van der Waals surface area contributed by atoms with Crippen LogP contribution in [0.5, 0.6) is 0 Å². The van der Waals surface area contributed by atoms with Crippen molar-refractivity contribution in [1.29, 1.82) is 0 Å². The molecule has 124 valence electrons. The van der Waals surface area contributed by atoms with Gasteiger partial charge in [-0.25, -0.2) is 0 Å². The average molecular weight is 304 g/mol. The fraction of sp³-hybridized carbons (Fsp3) is 0.800. The lowest BCUT2D eigenvalue weighted by molar-refractivity contribution is -0.147. The lowest BCUT2D eigenvalue weighted by atomic mass is 9.45. The summed E-state index contributed by atoms with van der Waals surface area (Å²) >= 11 is 0. The first-order chi connectivity index (χ1) is 10.3. The third-order valence-electron chi connectivity index (χ3n) is 7.61. The molecule has 0 bridgehead atoms. The first-order valence-corrected chi connectivity index (χ1v) is 8.90. The van der Waals surface area contributed by atoms with Gasteiger partial charge in [0.15, 0.2) is 0 Å². The lowest BCUT2D eigenvalue weighted by Gasteiger charge is -2.60. The minimum atomic E-state index is -0.368. The highest BCUT2D eigenvalue weighted by Crippen LogP contribution is 2.63. The van der Waals surface area contributed by atoms with Gasteiger partial charge >= 0.3 is 0 Å². The first kappa shape index (κ1) is 16.3. The molecule has 0 aromatic rings. The van der Waals surface area contributed by atoms with Crippen LogP contribution in [-0.2, 0) is 0 Å². The second-order valence-electron chi connectivity index (χ2n) is 8.92. The molecule has 1 unspecified atom stereocenters. The van der Waals surface area contributed by atoms with Gasteiger partial charge in [0.1, 0.15) is 0 Å². The van der Waals surface area contributed by atoms with E-state index in [1.54, 1.807) is 5.57 Å². The van der Waals surface area contributed by atoms with E-state index in [0.717, 1.165) is 25.7 Å². The van der Waals surface area contributed by atoms with E-state index in [1.165, 1.54) is 12.8 Å². The van der Waals surface area contributed by atoms with Gasteiger partial charge in [-0.05, 0) is 61.2 Å². The van der Waals surface area contributed by atoms with Crippen LogP contribution in [0.1, 0.15) is 59.3 Å². The minimum absolute atomic E-state index is 0.0920. The van der Waals surface area contributed by atoms with Crippen LogP contribution in [-0.4, -0.2) is 22.9 Å². The molecule has 0 saturated heterocycles. The van der Waals surface area contributed by atoms with Gasteiger partial charge in [0.25, 0.3) is 0 Å². The van der Waals surface area contributed by atoms with Gasteiger partial charge in [0.2, 0.25) is 0 Å². The molecule has 3 aliphatic rings. The second kappa shape index (κ2) is 5.21. The van der Waals surface area contributed by atoms with Gasteiger partial charge in [0.05, 0.1) is 12.7 Å². The second-order valence-corrected chi connectivity index (χ2v) is 8.92. The highest BCUT2D eigenvalue weighted by Gasteiger charge is 2.58. The number of fused-ring (bicyclic) bond motifs is 3. The molecule has 6 atom stereocenters. The summed E-state index contributed by atoms with van der Waals surface area (Å²) in [6.07, 6.45) is 10.7. The van der Waals surface area contributed by atoms with Gasteiger partial charge in [-0.2, -0.15) is 0 Å². The molecule has 2 nitrogen and oxygen atoms in total. The maximum Gasteiger partial charge on any atom is 0.0618 e. The van der Waals surface area contributed by atoms with E-state index in [-0.39, 0.29) is 29.0 Å². The number of aliphatic hydroxyl groups is 2. The minimum Gasteiger partial charge on any atom is -0.396 e. The predicted octanol–water partition coefficient (Wildman–Crippen LogP) is 4.08. The molecule has 0 amide bonds. The molecular weight excluding hydrogens is 272 g/mol. The highest BCUT2D eigenvalue weighted by molar-refractivity contribution is 5.25. The summed E-state index contributed by atoms with van der Waals surface area (Å²) in [7, 11) is 0. The van der Waals surface area contributed by atoms with Crippen molar-refractivity contribution in [3.05, 3.63) is 24.3 Å². The number of rotatable bonds is 2. The van der Waals surface area contributed by atoms with Crippen molar-refractivity contribution in [2.45, 2.75) is 65.4 Å². The summed E-state index contributed by atoms with van der Waals surface area (Å²) in [6, 6.07) is 0. The number of allylic oxidation sites excluding steroid dienone is 3. The van der Waals surface area contributed by atoms with Crippen LogP contribution in [0.4, 0.5) is 0 Å². The molecule has 0 aromatic carbocycles. The molecule has 0 spiro atoms. The molecule has 2 heteroatoms. The van der Waals surface area contributed by atoms with E-state index in [4.69, 9.17) is 0 Å². The number of hydrogen-bond donors (Lipinski definition) is 2. The maximum atomic E-state index is 10.5. The molecule has 0 aromatic heterocycles. The van der Waals surface area contributed by atoms with Gasteiger partial charge < -0.3 is 10.2 Å². The molecule has 0 radical (unpaired) electrons. The van der Waals surface area contributed by atoms with Crippen molar-refractivity contribution < 1.29 is 10.2 Å². The molecule has 3 aliphatic carbocycles. The van der Waals surface area contributed by atoms with Crippen LogP contribution < -0.4 is 0 Å². The zero-order valence-corrected chi connectivity index (χ0v) is 14.4. The first-order valence-electron chi connectivity index (χ1n) is 8.90. The van der Waals surface area contributed by atoms with Crippen molar-refractivity contribution in [3.63, 3.8) is 0 Å². The monoisotopic (exact) mass is 304 g/mol. The molecule has 2 N–H and O–H groups in total. The fourth-order valence-corrected chi connectivity index (χ4v) is 5.86. The van der Waals surface area contributed by atoms with E-state index >= 15 is 0 Å². The van der Waals surface area contributed by atoms with Crippen molar-refractivity contribution >= 4 is 0 Å². The van der Waals surface area contributed by atoms with Crippen molar-refractivity contribution in [1.82, 2.24) is 0 Å². The Hall–Kier alpha value is -0.600. The quantitative estimate of drug-likeness (QED) is 0.755. The van der Waals surface area contributed by atoms with Crippen LogP contribution in [0.25, 0.3) is 0 Å². The zero-order chi connectivity index (χ0) is 16.2. The summed E-state index contributed by atoms with van der Waals surface area (Å²) in [5.41, 5.74) is 1.74. The Balaban J connectivity index is 1.96. The van der Waals surface area contributed by atoms with Crippen LogP contribution >= 0.6 is 0 Å². The van der Waals surface area contributed by atoms with Crippen molar-refractivity contribution in [3.8, 4) is 0 Å². The molecule has 0 heterocycles. The number of aliphatic hydroxyl groups excluding tert-OH is 2. The molecule has 3 rings (SSSR count). The average Bonchev–Trinajstić information content (AvgIpc) is 2.51. The third-order valence-corrected chi connectivity index (χ3v) is 7.61. The Kier molecular flexibility index (Phi) is 3.85. The van der Waals surface area contributed by atoms with Crippen molar-refractivity contribution in [2.24, 2.45) is 28.1 Å². The molecule has 2 fully saturated rings. The molecule has 0 aliphatic heterocycles. The Bertz CT molecular complexity index is 496. The van der Waals surface area contributed by atoms with E-state index in [2.05, 4.69) is 39.5 Å². The topological polar surface area (TPSA) is 40.5 Å². The molecule has 22 heavy (non-hydrogen) atoms. The van der Waals surface area contributed by atoms with Crippen LogP contribution in [0.3, 0.4) is 0 Å². The molecular formula is C20H32O2. The van der Waals surface area contributed by atoms with E-state index in [1.807, 2.05) is 0 Å². The van der Waals surface area contributed by atoms with E-state index in [9.17, 15) is 10.2 Å². The Labute approximate surface area is 135 Å². The molecule has 2 saturated carbocycles. The van der Waals surface area contributed by atoms with E-state index < -0.39 is 0 Å². The smallest absolute Gasteiger partial charge is 0.0618 e. The summed E-state index contributed by atoms with van der Waals surface area (Å²) in [4.78, 5) is 0. The maximum absolute atomic E-state index is 10.5. The Morgan fingerprint density at radius 3 is 2.64 bits per heavy atom. The fourth-order valence-electron chi connectivity index (χ4n) is 5.86. The normalized spacial score (nSPS) is 51.5. The number of hydrogen-bond acceptors (Lipinski definition) is 2. The van der Waals surface area contributed by atoms with Crippen LogP contribution in [0, 0.1) is 28.1 Å². The Morgan fingerprint density at radius 2 is 2.00 bits per heavy atom. The lowest BCUT2D eigenvalue weighted by Crippen LogP contribution is -2.57. The summed E-state index contributed by atoms with van der Waals surface area (Å²) < 4.78 is 0. The largest absolute Gasteiger partial charge is 0.396 e. The highest BCUT2D eigenvalue weighted by atomic mass is 16.3. The summed E-state index contributed by atoms with van der Waals surface area (Å²) in [5.74, 6) is 1.01. The van der Waals surface area contributed by atoms with Gasteiger partial charge in [0, 0.05) is 5.41 Å². The van der Waals surface area contributed by atoms with Gasteiger partial charge in [-0.3, -0.25) is 0 Å². The SMILES string of the molecule is C=C[C@]1(C)CC[C@H]2C(=CC[C@@H]3[C@]2(C)CCC(O)[C@@]3(C)CO)C1.